The maximum absolute atomic E-state index is 13.3. The van der Waals surface area contributed by atoms with E-state index < -0.39 is 22.0 Å². The SMILES string of the molecule is C#CCCOC(=O)C(CCCN=C(N)N)NS(=O)(=O)c1cccc2c(N(C)C)cccc12. The van der Waals surface area contributed by atoms with Crippen molar-refractivity contribution in [3.63, 3.8) is 0 Å². The molecule has 0 radical (unpaired) electrons. The Balaban J connectivity index is 2.34. The van der Waals surface area contributed by atoms with E-state index in [1.165, 1.54) is 6.07 Å². The lowest BCUT2D eigenvalue weighted by molar-refractivity contribution is -0.145. The zero-order valence-corrected chi connectivity index (χ0v) is 19.1. The summed E-state index contributed by atoms with van der Waals surface area (Å²) in [6, 6.07) is 9.34. The highest BCUT2D eigenvalue weighted by molar-refractivity contribution is 7.89. The highest BCUT2D eigenvalue weighted by Gasteiger charge is 2.28. The minimum Gasteiger partial charge on any atom is -0.463 e. The fourth-order valence-electron chi connectivity index (χ4n) is 3.18. The molecule has 0 aliphatic carbocycles. The number of sulfonamides is 1. The third kappa shape index (κ3) is 6.60. The molecule has 0 heterocycles. The zero-order chi connectivity index (χ0) is 23.7. The number of hydrogen-bond donors (Lipinski definition) is 3. The topological polar surface area (TPSA) is 140 Å². The standard InChI is InChI=1S/C22H29N5O4S/c1-4-5-15-31-21(28)18(11-8-14-25-22(23)24)26-32(29,30)20-13-7-9-16-17(20)10-6-12-19(16)27(2)3/h1,6-7,9-10,12-13,18,26H,5,8,11,14-15H2,2-3H3,(H4,23,24,25). The molecular formula is C22H29N5O4S. The van der Waals surface area contributed by atoms with E-state index in [9.17, 15) is 13.2 Å². The van der Waals surface area contributed by atoms with Gasteiger partial charge in [-0.3, -0.25) is 9.79 Å². The number of anilines is 1. The number of benzene rings is 2. The molecular weight excluding hydrogens is 430 g/mol. The Morgan fingerprint density at radius 1 is 1.22 bits per heavy atom. The Labute approximate surface area is 188 Å². The first-order valence-electron chi connectivity index (χ1n) is 10.0. The van der Waals surface area contributed by atoms with Crippen LogP contribution in [0.3, 0.4) is 0 Å². The minimum absolute atomic E-state index is 0.00191. The highest BCUT2D eigenvalue weighted by atomic mass is 32.2. The van der Waals surface area contributed by atoms with E-state index in [1.807, 2.05) is 31.1 Å². The van der Waals surface area contributed by atoms with Crippen LogP contribution in [-0.2, 0) is 19.6 Å². The summed E-state index contributed by atoms with van der Waals surface area (Å²) >= 11 is 0. The van der Waals surface area contributed by atoms with Crippen LogP contribution in [0.25, 0.3) is 10.8 Å². The molecule has 0 aliphatic heterocycles. The molecule has 0 bridgehead atoms. The van der Waals surface area contributed by atoms with Gasteiger partial charge in [-0.2, -0.15) is 4.72 Å². The summed E-state index contributed by atoms with van der Waals surface area (Å²) in [5, 5.41) is 1.33. The number of guanidine groups is 1. The van der Waals surface area contributed by atoms with Crippen LogP contribution in [0.5, 0.6) is 0 Å². The summed E-state index contributed by atoms with van der Waals surface area (Å²) in [6.07, 6.45) is 5.94. The van der Waals surface area contributed by atoms with Crippen LogP contribution in [0.2, 0.25) is 0 Å². The Morgan fingerprint density at radius 2 is 1.91 bits per heavy atom. The predicted octanol–water partition coefficient (Wildman–Crippen LogP) is 1.17. The van der Waals surface area contributed by atoms with Crippen molar-refractivity contribution in [2.45, 2.75) is 30.2 Å². The van der Waals surface area contributed by atoms with E-state index in [4.69, 9.17) is 22.6 Å². The van der Waals surface area contributed by atoms with E-state index in [-0.39, 0.29) is 36.8 Å². The first-order chi connectivity index (χ1) is 15.2. The Morgan fingerprint density at radius 3 is 2.56 bits per heavy atom. The molecule has 172 valence electrons. The molecule has 2 aromatic carbocycles. The number of fused-ring (bicyclic) bond motifs is 1. The maximum Gasteiger partial charge on any atom is 0.324 e. The van der Waals surface area contributed by atoms with Gasteiger partial charge in [-0.25, -0.2) is 8.42 Å². The molecule has 32 heavy (non-hydrogen) atoms. The molecule has 1 unspecified atom stereocenters. The molecule has 0 spiro atoms. The number of rotatable bonds is 11. The van der Waals surface area contributed by atoms with Gasteiger partial charge in [0, 0.05) is 43.5 Å². The molecule has 0 saturated heterocycles. The van der Waals surface area contributed by atoms with E-state index >= 15 is 0 Å². The summed E-state index contributed by atoms with van der Waals surface area (Å²) in [4.78, 5) is 18.4. The van der Waals surface area contributed by atoms with Crippen LogP contribution in [0, 0.1) is 12.3 Å². The van der Waals surface area contributed by atoms with Crippen molar-refractivity contribution in [1.82, 2.24) is 4.72 Å². The normalized spacial score (nSPS) is 12.0. The Kier molecular flexibility index (Phi) is 8.87. The quantitative estimate of drug-likeness (QED) is 0.151. The second kappa shape index (κ2) is 11.4. The first kappa shape index (κ1) is 25.0. The average molecular weight is 460 g/mol. The number of carbonyl (C=O) groups is 1. The smallest absolute Gasteiger partial charge is 0.324 e. The zero-order valence-electron chi connectivity index (χ0n) is 18.2. The molecule has 1 atom stereocenters. The second-order valence-electron chi connectivity index (χ2n) is 7.27. The van der Waals surface area contributed by atoms with Crippen LogP contribution in [0.15, 0.2) is 46.3 Å². The molecule has 0 amide bonds. The number of aliphatic imine (C=N–C) groups is 1. The number of hydrogen-bond acceptors (Lipinski definition) is 6. The summed E-state index contributed by atoms with van der Waals surface area (Å²) in [5.74, 6) is 1.59. The van der Waals surface area contributed by atoms with Crippen molar-refractivity contribution in [3.8, 4) is 12.3 Å². The first-order valence-corrected chi connectivity index (χ1v) is 11.5. The number of carbonyl (C=O) groups excluding carboxylic acids is 1. The maximum atomic E-state index is 13.3. The number of esters is 1. The fraction of sp³-hybridized carbons (Fsp3) is 0.364. The summed E-state index contributed by atoms with van der Waals surface area (Å²) < 4.78 is 34.2. The monoisotopic (exact) mass is 459 g/mol. The van der Waals surface area contributed by atoms with E-state index in [1.54, 1.807) is 18.2 Å². The third-order valence-corrected chi connectivity index (χ3v) is 6.18. The van der Waals surface area contributed by atoms with Crippen molar-refractivity contribution in [3.05, 3.63) is 36.4 Å². The highest BCUT2D eigenvalue weighted by Crippen LogP contribution is 2.30. The van der Waals surface area contributed by atoms with Crippen LogP contribution >= 0.6 is 0 Å². The number of ether oxygens (including phenoxy) is 1. The molecule has 9 nitrogen and oxygen atoms in total. The summed E-state index contributed by atoms with van der Waals surface area (Å²) in [5.41, 5.74) is 11.5. The van der Waals surface area contributed by atoms with Gasteiger partial charge in [0.1, 0.15) is 12.6 Å². The number of nitrogens with zero attached hydrogens (tertiary/aromatic N) is 2. The molecule has 0 aromatic heterocycles. The van der Waals surface area contributed by atoms with Gasteiger partial charge in [0.2, 0.25) is 10.0 Å². The van der Waals surface area contributed by atoms with Gasteiger partial charge in [0.15, 0.2) is 5.96 Å². The van der Waals surface area contributed by atoms with Gasteiger partial charge >= 0.3 is 5.97 Å². The van der Waals surface area contributed by atoms with Gasteiger partial charge in [0.05, 0.1) is 4.90 Å². The predicted molar refractivity (Wildman–Crippen MR) is 127 cm³/mol. The van der Waals surface area contributed by atoms with Gasteiger partial charge in [0.25, 0.3) is 0 Å². The Hall–Kier alpha value is -3.29. The lowest BCUT2D eigenvalue weighted by Gasteiger charge is -2.19. The largest absolute Gasteiger partial charge is 0.463 e. The minimum atomic E-state index is -4.05. The van der Waals surface area contributed by atoms with Crippen molar-refractivity contribution in [1.29, 1.82) is 0 Å². The van der Waals surface area contributed by atoms with Crippen molar-refractivity contribution < 1.29 is 17.9 Å². The Bertz CT molecular complexity index is 1120. The molecule has 10 heteroatoms. The fourth-order valence-corrected chi connectivity index (χ4v) is 4.62. The second-order valence-corrected chi connectivity index (χ2v) is 8.95. The molecule has 2 aromatic rings. The average Bonchev–Trinajstić information content (AvgIpc) is 2.74. The van der Waals surface area contributed by atoms with Crippen LogP contribution in [-0.4, -0.2) is 53.6 Å². The molecule has 0 fully saturated rings. The number of nitrogens with two attached hydrogens (primary N) is 2. The summed E-state index contributed by atoms with van der Waals surface area (Å²) in [6.45, 7) is 0.251. The van der Waals surface area contributed by atoms with E-state index in [2.05, 4.69) is 15.6 Å². The van der Waals surface area contributed by atoms with Crippen LogP contribution in [0.4, 0.5) is 5.69 Å². The third-order valence-electron chi connectivity index (χ3n) is 4.65. The summed E-state index contributed by atoms with van der Waals surface area (Å²) in [7, 11) is -0.289. The van der Waals surface area contributed by atoms with Gasteiger partial charge in [-0.05, 0) is 25.0 Å². The molecule has 5 N–H and O–H groups in total. The van der Waals surface area contributed by atoms with Crippen LogP contribution in [0.1, 0.15) is 19.3 Å². The molecule has 2 rings (SSSR count). The lowest BCUT2D eigenvalue weighted by atomic mass is 10.1. The van der Waals surface area contributed by atoms with Crippen molar-refractivity contribution >= 4 is 38.4 Å². The van der Waals surface area contributed by atoms with Gasteiger partial charge < -0.3 is 21.1 Å². The van der Waals surface area contributed by atoms with Gasteiger partial charge in [-0.15, -0.1) is 12.3 Å². The van der Waals surface area contributed by atoms with Crippen LogP contribution < -0.4 is 21.1 Å². The number of terminal acetylenes is 1. The van der Waals surface area contributed by atoms with Crippen molar-refractivity contribution in [2.75, 3.05) is 32.1 Å². The number of nitrogens with one attached hydrogen (secondary N) is 1. The lowest BCUT2D eigenvalue weighted by Crippen LogP contribution is -2.42. The van der Waals surface area contributed by atoms with E-state index in [0.717, 1.165) is 11.1 Å². The molecule has 0 saturated carbocycles. The molecule has 0 aliphatic rings. The van der Waals surface area contributed by atoms with Crippen molar-refractivity contribution in [2.24, 2.45) is 16.5 Å². The van der Waals surface area contributed by atoms with E-state index in [0.29, 0.717) is 11.8 Å². The van der Waals surface area contributed by atoms with Gasteiger partial charge in [-0.1, -0.05) is 24.3 Å².